The van der Waals surface area contributed by atoms with Crippen LogP contribution < -0.4 is 0 Å². The van der Waals surface area contributed by atoms with Crippen molar-refractivity contribution in [2.45, 2.75) is 53.4 Å². The number of benzene rings is 5. The van der Waals surface area contributed by atoms with Crippen LogP contribution >= 0.6 is 0 Å². The number of aromatic nitrogens is 1. The van der Waals surface area contributed by atoms with Gasteiger partial charge in [0.25, 0.3) is 0 Å². The van der Waals surface area contributed by atoms with Crippen molar-refractivity contribution in [2.75, 3.05) is 0 Å². The number of aryl methyl sites for hydroxylation is 1. The highest BCUT2D eigenvalue weighted by atomic mass is 16.3. The van der Waals surface area contributed by atoms with Crippen molar-refractivity contribution in [1.29, 1.82) is 0 Å². The van der Waals surface area contributed by atoms with E-state index in [1.807, 2.05) is 13.0 Å². The Balaban J connectivity index is 0.000000606. The number of para-hydroxylation sites is 2. The van der Waals surface area contributed by atoms with E-state index in [-0.39, 0.29) is 0 Å². The summed E-state index contributed by atoms with van der Waals surface area (Å²) in [6, 6.07) is 36.8. The molecular formula is C42H39NO2. The number of allylic oxidation sites excluding steroid dienone is 1. The second kappa shape index (κ2) is 12.2. The zero-order valence-corrected chi connectivity index (χ0v) is 26.6. The molecule has 0 fully saturated rings. The van der Waals surface area contributed by atoms with Gasteiger partial charge < -0.3 is 13.4 Å². The zero-order chi connectivity index (χ0) is 30.9. The summed E-state index contributed by atoms with van der Waals surface area (Å²) >= 11 is 0. The maximum absolute atomic E-state index is 6.30. The van der Waals surface area contributed by atoms with E-state index >= 15 is 0 Å². The minimum Gasteiger partial charge on any atom is -0.456 e. The Labute approximate surface area is 264 Å². The molecule has 0 N–H and O–H groups in total. The predicted molar refractivity (Wildman–Crippen MR) is 193 cm³/mol. The van der Waals surface area contributed by atoms with Gasteiger partial charge in [0.15, 0.2) is 0 Å². The van der Waals surface area contributed by atoms with Crippen molar-refractivity contribution in [2.24, 2.45) is 0 Å². The lowest BCUT2D eigenvalue weighted by Crippen LogP contribution is -1.93. The maximum Gasteiger partial charge on any atom is 0.135 e. The Morgan fingerprint density at radius 3 is 1.71 bits per heavy atom. The third kappa shape index (κ3) is 5.03. The molecular weight excluding hydrogens is 550 g/mol. The van der Waals surface area contributed by atoms with E-state index in [4.69, 9.17) is 8.83 Å². The molecule has 0 saturated carbocycles. The van der Waals surface area contributed by atoms with Crippen LogP contribution in [0.15, 0.2) is 118 Å². The molecule has 0 aliphatic rings. The SMILES string of the molecule is C/C=C\c1oc2ccc(-c3ccc4oc5ccc(-n6c7ccccc7c7ccccc76)cc5c4c3)cc2c1CC.CCCCC. The Hall–Kier alpha value is -5.02. The van der Waals surface area contributed by atoms with E-state index in [1.54, 1.807) is 0 Å². The molecule has 45 heavy (non-hydrogen) atoms. The number of hydrogen-bond acceptors (Lipinski definition) is 2. The normalized spacial score (nSPS) is 11.8. The van der Waals surface area contributed by atoms with Crippen LogP contribution in [-0.4, -0.2) is 4.57 Å². The molecule has 0 saturated heterocycles. The molecule has 0 unspecified atom stereocenters. The molecule has 3 aromatic heterocycles. The van der Waals surface area contributed by atoms with E-state index in [9.17, 15) is 0 Å². The lowest BCUT2D eigenvalue weighted by molar-refractivity contribution is 0.599. The number of rotatable bonds is 6. The molecule has 0 aliphatic carbocycles. The highest BCUT2D eigenvalue weighted by molar-refractivity contribution is 6.11. The third-order valence-electron chi connectivity index (χ3n) is 8.83. The first-order valence-corrected chi connectivity index (χ1v) is 16.3. The number of fused-ring (bicyclic) bond motifs is 7. The van der Waals surface area contributed by atoms with Gasteiger partial charge in [0.2, 0.25) is 0 Å². The van der Waals surface area contributed by atoms with Crippen molar-refractivity contribution < 1.29 is 8.83 Å². The molecule has 0 aliphatic heterocycles. The summed E-state index contributed by atoms with van der Waals surface area (Å²) < 4.78 is 14.8. The topological polar surface area (TPSA) is 31.2 Å². The minimum atomic E-state index is 0.895. The van der Waals surface area contributed by atoms with Crippen LogP contribution in [-0.2, 0) is 6.42 Å². The second-order valence-electron chi connectivity index (χ2n) is 11.7. The number of hydrogen-bond donors (Lipinski definition) is 0. The van der Waals surface area contributed by atoms with Gasteiger partial charge in [0.1, 0.15) is 22.5 Å². The highest BCUT2D eigenvalue weighted by Gasteiger charge is 2.16. The van der Waals surface area contributed by atoms with Crippen molar-refractivity contribution in [3.05, 3.63) is 121 Å². The van der Waals surface area contributed by atoms with E-state index in [1.165, 1.54) is 57.6 Å². The predicted octanol–water partition coefficient (Wildman–Crippen LogP) is 12.9. The average molecular weight is 590 g/mol. The molecule has 0 bridgehead atoms. The zero-order valence-electron chi connectivity index (χ0n) is 26.6. The molecule has 224 valence electrons. The summed E-state index contributed by atoms with van der Waals surface area (Å²) in [5.74, 6) is 0.950. The van der Waals surface area contributed by atoms with Gasteiger partial charge in [0.05, 0.1) is 11.0 Å². The standard InChI is InChI=1S/C37H27NO2.C5H12/c1-3-9-34-26(4-2)29-20-23(14-17-35(29)39-34)24-15-18-36-30(21-24)31-22-25(16-19-37(31)40-36)38-32-12-7-5-10-27(32)28-11-6-8-13-33(28)38;1-3-5-4-2/h3,5-22H,4H2,1-2H3;3-5H2,1-2H3/b9-3-;. The van der Waals surface area contributed by atoms with Crippen molar-refractivity contribution >= 4 is 60.8 Å². The number of unbranched alkanes of at least 4 members (excludes halogenated alkanes) is 2. The Bertz CT molecular complexity index is 2270. The molecule has 3 nitrogen and oxygen atoms in total. The molecule has 5 aromatic carbocycles. The van der Waals surface area contributed by atoms with Gasteiger partial charge in [-0.1, -0.05) is 94.6 Å². The summed E-state index contributed by atoms with van der Waals surface area (Å²) in [5.41, 5.74) is 9.84. The first-order chi connectivity index (χ1) is 22.1. The Kier molecular flexibility index (Phi) is 7.77. The lowest BCUT2D eigenvalue weighted by Gasteiger charge is -2.08. The van der Waals surface area contributed by atoms with Gasteiger partial charge in [-0.15, -0.1) is 0 Å². The largest absolute Gasteiger partial charge is 0.456 e. The quantitative estimate of drug-likeness (QED) is 0.193. The second-order valence-corrected chi connectivity index (χ2v) is 11.7. The number of nitrogens with zero attached hydrogens (tertiary/aromatic N) is 1. The molecule has 0 spiro atoms. The smallest absolute Gasteiger partial charge is 0.135 e. The fourth-order valence-electron chi connectivity index (χ4n) is 6.64. The summed E-state index contributed by atoms with van der Waals surface area (Å²) in [5, 5.41) is 5.93. The van der Waals surface area contributed by atoms with E-state index < -0.39 is 0 Å². The molecule has 0 radical (unpaired) electrons. The van der Waals surface area contributed by atoms with E-state index in [0.29, 0.717) is 0 Å². The van der Waals surface area contributed by atoms with Gasteiger partial charge in [-0.2, -0.15) is 0 Å². The molecule has 3 heteroatoms. The van der Waals surface area contributed by atoms with Crippen LogP contribution in [0.1, 0.15) is 58.3 Å². The van der Waals surface area contributed by atoms with Crippen LogP contribution in [0.2, 0.25) is 0 Å². The Morgan fingerprint density at radius 2 is 1.13 bits per heavy atom. The summed E-state index contributed by atoms with van der Waals surface area (Å²) in [6.07, 6.45) is 9.08. The van der Waals surface area contributed by atoms with Crippen molar-refractivity contribution in [3.63, 3.8) is 0 Å². The molecule has 0 atom stereocenters. The monoisotopic (exact) mass is 589 g/mol. The maximum atomic E-state index is 6.30. The summed E-state index contributed by atoms with van der Waals surface area (Å²) in [7, 11) is 0. The lowest BCUT2D eigenvalue weighted by atomic mass is 9.99. The van der Waals surface area contributed by atoms with Gasteiger partial charge in [-0.3, -0.25) is 0 Å². The minimum absolute atomic E-state index is 0.895. The van der Waals surface area contributed by atoms with Gasteiger partial charge in [-0.25, -0.2) is 0 Å². The van der Waals surface area contributed by atoms with Crippen LogP contribution in [0, 0.1) is 0 Å². The Morgan fingerprint density at radius 1 is 0.578 bits per heavy atom. The van der Waals surface area contributed by atoms with Crippen LogP contribution in [0.25, 0.3) is 77.6 Å². The van der Waals surface area contributed by atoms with Crippen molar-refractivity contribution in [1.82, 2.24) is 4.57 Å². The number of furan rings is 2. The van der Waals surface area contributed by atoms with Gasteiger partial charge >= 0.3 is 0 Å². The average Bonchev–Trinajstić information content (AvgIpc) is 3.73. The van der Waals surface area contributed by atoms with Crippen LogP contribution in [0.5, 0.6) is 0 Å². The fourth-order valence-corrected chi connectivity index (χ4v) is 6.64. The van der Waals surface area contributed by atoms with Crippen LogP contribution in [0.4, 0.5) is 0 Å². The first kappa shape index (κ1) is 28.7. The van der Waals surface area contributed by atoms with Crippen LogP contribution in [0.3, 0.4) is 0 Å². The third-order valence-corrected chi connectivity index (χ3v) is 8.83. The first-order valence-electron chi connectivity index (χ1n) is 16.3. The van der Waals surface area contributed by atoms with E-state index in [2.05, 4.69) is 135 Å². The summed E-state index contributed by atoms with van der Waals surface area (Å²) in [4.78, 5) is 0. The molecule has 0 amide bonds. The highest BCUT2D eigenvalue weighted by Crippen LogP contribution is 2.38. The molecule has 8 aromatic rings. The fraction of sp³-hybridized carbons (Fsp3) is 0.190. The van der Waals surface area contributed by atoms with E-state index in [0.717, 1.165) is 51.0 Å². The van der Waals surface area contributed by atoms with Gasteiger partial charge in [-0.05, 0) is 85.1 Å². The van der Waals surface area contributed by atoms with Crippen molar-refractivity contribution in [3.8, 4) is 16.8 Å². The summed E-state index contributed by atoms with van der Waals surface area (Å²) in [6.45, 7) is 8.63. The molecule has 8 rings (SSSR count). The molecule has 3 heterocycles. The van der Waals surface area contributed by atoms with Gasteiger partial charge in [0, 0.05) is 38.2 Å².